The zero-order chi connectivity index (χ0) is 11.7. The lowest BCUT2D eigenvalue weighted by atomic mass is 10.1. The Labute approximate surface area is 109 Å². The fourth-order valence-corrected chi connectivity index (χ4v) is 2.26. The molecule has 0 fully saturated rings. The number of oxazole rings is 1. The van der Waals surface area contributed by atoms with Crippen molar-refractivity contribution >= 4 is 22.6 Å². The average molecular weight is 327 g/mol. The Bertz CT molecular complexity index is 517. The van der Waals surface area contributed by atoms with Gasteiger partial charge in [0.15, 0.2) is 0 Å². The van der Waals surface area contributed by atoms with Gasteiger partial charge in [0, 0.05) is 9.99 Å². The van der Waals surface area contributed by atoms with Crippen LogP contribution in [0.25, 0.3) is 11.5 Å². The Morgan fingerprint density at radius 3 is 2.50 bits per heavy atom. The normalized spacial score (nSPS) is 10.8. The van der Waals surface area contributed by atoms with Gasteiger partial charge in [0.1, 0.15) is 5.76 Å². The molecule has 2 nitrogen and oxygen atoms in total. The van der Waals surface area contributed by atoms with E-state index >= 15 is 0 Å². The van der Waals surface area contributed by atoms with Crippen LogP contribution in [-0.4, -0.2) is 4.98 Å². The van der Waals surface area contributed by atoms with Crippen LogP contribution in [0.5, 0.6) is 0 Å². The van der Waals surface area contributed by atoms with Crippen LogP contribution in [0.3, 0.4) is 0 Å². The second-order valence-electron chi connectivity index (χ2n) is 3.95. The lowest BCUT2D eigenvalue weighted by Gasteiger charge is -2.01. The Balaban J connectivity index is 2.46. The number of halogens is 1. The molecule has 0 saturated heterocycles. The van der Waals surface area contributed by atoms with Crippen molar-refractivity contribution in [3.8, 4) is 11.5 Å². The number of alkyl halides is 1. The molecule has 0 aliphatic carbocycles. The van der Waals surface area contributed by atoms with Gasteiger partial charge in [-0.2, -0.15) is 0 Å². The number of hydrogen-bond acceptors (Lipinski definition) is 2. The zero-order valence-electron chi connectivity index (χ0n) is 9.67. The third-order valence-corrected chi connectivity index (χ3v) is 3.50. The minimum absolute atomic E-state index is 0.729. The van der Waals surface area contributed by atoms with Crippen molar-refractivity contribution in [1.82, 2.24) is 4.98 Å². The molecule has 0 radical (unpaired) electrons. The summed E-state index contributed by atoms with van der Waals surface area (Å²) < 4.78 is 6.56. The van der Waals surface area contributed by atoms with Crippen molar-refractivity contribution in [1.29, 1.82) is 0 Å². The van der Waals surface area contributed by atoms with Crippen molar-refractivity contribution in [2.75, 3.05) is 0 Å². The van der Waals surface area contributed by atoms with Crippen molar-refractivity contribution < 1.29 is 4.42 Å². The number of nitrogens with zero attached hydrogens (tertiary/aromatic N) is 1. The second-order valence-corrected chi connectivity index (χ2v) is 4.72. The highest BCUT2D eigenvalue weighted by Crippen LogP contribution is 2.24. The third kappa shape index (κ3) is 2.14. The number of hydrogen-bond donors (Lipinski definition) is 0. The van der Waals surface area contributed by atoms with E-state index in [0.717, 1.165) is 27.3 Å². The number of rotatable bonds is 2. The van der Waals surface area contributed by atoms with Gasteiger partial charge in [-0.25, -0.2) is 4.98 Å². The van der Waals surface area contributed by atoms with E-state index in [-0.39, 0.29) is 0 Å². The SMILES string of the molecule is Cc1ccc(-c2nc(CI)c(C)o2)cc1C. The van der Waals surface area contributed by atoms with Crippen LogP contribution in [0.4, 0.5) is 0 Å². The molecule has 16 heavy (non-hydrogen) atoms. The van der Waals surface area contributed by atoms with Gasteiger partial charge in [0.2, 0.25) is 5.89 Å². The predicted molar refractivity (Wildman–Crippen MR) is 73.9 cm³/mol. The van der Waals surface area contributed by atoms with Crippen LogP contribution in [-0.2, 0) is 4.43 Å². The third-order valence-electron chi connectivity index (χ3n) is 2.77. The summed E-state index contributed by atoms with van der Waals surface area (Å²) in [6, 6.07) is 6.29. The molecule has 0 aliphatic rings. The highest BCUT2D eigenvalue weighted by Gasteiger charge is 2.10. The van der Waals surface area contributed by atoms with Crippen molar-refractivity contribution in [3.05, 3.63) is 40.8 Å². The summed E-state index contributed by atoms with van der Waals surface area (Å²) in [6.45, 7) is 6.18. The maximum absolute atomic E-state index is 5.67. The molecule has 0 spiro atoms. The summed E-state index contributed by atoms with van der Waals surface area (Å²) in [4.78, 5) is 4.50. The summed E-state index contributed by atoms with van der Waals surface area (Å²) in [5, 5.41) is 0. The summed E-state index contributed by atoms with van der Waals surface area (Å²) in [5.74, 6) is 1.65. The maximum Gasteiger partial charge on any atom is 0.226 e. The van der Waals surface area contributed by atoms with Gasteiger partial charge < -0.3 is 4.42 Å². The van der Waals surface area contributed by atoms with E-state index in [0.29, 0.717) is 0 Å². The van der Waals surface area contributed by atoms with Crippen molar-refractivity contribution in [3.63, 3.8) is 0 Å². The molecular weight excluding hydrogens is 313 g/mol. The van der Waals surface area contributed by atoms with E-state index in [1.807, 2.05) is 6.92 Å². The molecule has 84 valence electrons. The molecule has 2 aromatic rings. The smallest absolute Gasteiger partial charge is 0.226 e. The monoisotopic (exact) mass is 327 g/mol. The molecular formula is C13H14INO. The number of aromatic nitrogens is 1. The molecule has 0 amide bonds. The first-order valence-electron chi connectivity index (χ1n) is 5.21. The van der Waals surface area contributed by atoms with E-state index in [9.17, 15) is 0 Å². The van der Waals surface area contributed by atoms with E-state index in [1.165, 1.54) is 11.1 Å². The van der Waals surface area contributed by atoms with Crippen LogP contribution in [0.1, 0.15) is 22.6 Å². The molecule has 0 N–H and O–H groups in total. The van der Waals surface area contributed by atoms with Crippen molar-refractivity contribution in [2.24, 2.45) is 0 Å². The second kappa shape index (κ2) is 4.57. The van der Waals surface area contributed by atoms with E-state index in [1.54, 1.807) is 0 Å². The Hall–Kier alpha value is -0.840. The van der Waals surface area contributed by atoms with E-state index in [2.05, 4.69) is 59.6 Å². The summed E-state index contributed by atoms with van der Waals surface area (Å²) in [6.07, 6.45) is 0. The zero-order valence-corrected chi connectivity index (χ0v) is 11.8. The van der Waals surface area contributed by atoms with Gasteiger partial charge in [-0.3, -0.25) is 0 Å². The minimum Gasteiger partial charge on any atom is -0.441 e. The fraction of sp³-hybridized carbons (Fsp3) is 0.308. The van der Waals surface area contributed by atoms with E-state index in [4.69, 9.17) is 4.42 Å². The van der Waals surface area contributed by atoms with Gasteiger partial charge >= 0.3 is 0 Å². The van der Waals surface area contributed by atoms with Gasteiger partial charge in [-0.1, -0.05) is 28.7 Å². The molecule has 1 aromatic heterocycles. The Morgan fingerprint density at radius 2 is 1.94 bits per heavy atom. The summed E-state index contributed by atoms with van der Waals surface area (Å²) in [7, 11) is 0. The molecule has 0 aliphatic heterocycles. The molecule has 0 unspecified atom stereocenters. The quantitative estimate of drug-likeness (QED) is 0.610. The maximum atomic E-state index is 5.67. The van der Waals surface area contributed by atoms with Crippen LogP contribution in [0.2, 0.25) is 0 Å². The lowest BCUT2D eigenvalue weighted by Crippen LogP contribution is -1.84. The average Bonchev–Trinajstić information content (AvgIpc) is 2.64. The highest BCUT2D eigenvalue weighted by molar-refractivity contribution is 14.1. The Kier molecular flexibility index (Phi) is 3.33. The van der Waals surface area contributed by atoms with Gasteiger partial charge in [0.05, 0.1) is 5.69 Å². The number of benzene rings is 1. The first-order valence-corrected chi connectivity index (χ1v) is 6.74. The largest absolute Gasteiger partial charge is 0.441 e. The highest BCUT2D eigenvalue weighted by atomic mass is 127. The molecule has 1 heterocycles. The first-order chi connectivity index (χ1) is 7.61. The van der Waals surface area contributed by atoms with Crippen molar-refractivity contribution in [2.45, 2.75) is 25.2 Å². The predicted octanol–water partition coefficient (Wildman–Crippen LogP) is 4.20. The lowest BCUT2D eigenvalue weighted by molar-refractivity contribution is 0.540. The summed E-state index contributed by atoms with van der Waals surface area (Å²) in [5.41, 5.74) is 4.65. The summed E-state index contributed by atoms with van der Waals surface area (Å²) >= 11 is 2.30. The van der Waals surface area contributed by atoms with Gasteiger partial charge in [-0.05, 0) is 44.0 Å². The molecule has 1 aromatic carbocycles. The topological polar surface area (TPSA) is 26.0 Å². The van der Waals surface area contributed by atoms with Crippen LogP contribution in [0.15, 0.2) is 22.6 Å². The van der Waals surface area contributed by atoms with Gasteiger partial charge in [0.25, 0.3) is 0 Å². The fourth-order valence-electron chi connectivity index (χ4n) is 1.55. The first kappa shape index (κ1) is 11.6. The minimum atomic E-state index is 0.729. The van der Waals surface area contributed by atoms with Crippen LogP contribution < -0.4 is 0 Å². The standard InChI is InChI=1S/C13H14INO/c1-8-4-5-11(6-9(8)2)13-15-12(7-14)10(3)16-13/h4-6H,7H2,1-3H3. The molecule has 3 heteroatoms. The molecule has 0 saturated carbocycles. The van der Waals surface area contributed by atoms with E-state index < -0.39 is 0 Å². The number of aryl methyl sites for hydroxylation is 3. The molecule has 0 bridgehead atoms. The van der Waals surface area contributed by atoms with Crippen LogP contribution >= 0.6 is 22.6 Å². The molecule has 0 atom stereocenters. The van der Waals surface area contributed by atoms with Crippen LogP contribution in [0, 0.1) is 20.8 Å². The van der Waals surface area contributed by atoms with Gasteiger partial charge in [-0.15, -0.1) is 0 Å². The Morgan fingerprint density at radius 1 is 1.19 bits per heavy atom. The molecule has 2 rings (SSSR count).